The number of aromatic nitrogens is 3. The molecule has 0 spiro atoms. The fourth-order valence-electron chi connectivity index (χ4n) is 3.49. The van der Waals surface area contributed by atoms with Crippen molar-refractivity contribution in [1.82, 2.24) is 15.2 Å². The molecule has 1 aromatic carbocycles. The highest BCUT2D eigenvalue weighted by Gasteiger charge is 2.37. The van der Waals surface area contributed by atoms with Crippen LogP contribution in [0.5, 0.6) is 0 Å². The Kier molecular flexibility index (Phi) is 3.91. The third-order valence-electron chi connectivity index (χ3n) is 5.18. The first kappa shape index (κ1) is 16.7. The fraction of sp³-hybridized carbons (Fsp3) is 0.368. The molecule has 0 unspecified atom stereocenters. The number of nitrogens with one attached hydrogen (secondary N) is 1. The van der Waals surface area contributed by atoms with Crippen LogP contribution in [-0.4, -0.2) is 55.2 Å². The first-order valence-corrected chi connectivity index (χ1v) is 10.7. The summed E-state index contributed by atoms with van der Waals surface area (Å²) >= 11 is 0. The second kappa shape index (κ2) is 6.31. The van der Waals surface area contributed by atoms with E-state index in [2.05, 4.69) is 20.1 Å². The molecule has 0 bridgehead atoms. The average Bonchev–Trinajstić information content (AvgIpc) is 3.49. The number of ether oxygens (including phenoxy) is 1. The van der Waals surface area contributed by atoms with Gasteiger partial charge in [0.1, 0.15) is 11.5 Å². The molecule has 27 heavy (non-hydrogen) atoms. The summed E-state index contributed by atoms with van der Waals surface area (Å²) in [5.41, 5.74) is 2.48. The number of nitrogens with zero attached hydrogens (tertiary/aromatic N) is 3. The Morgan fingerprint density at radius 3 is 2.70 bits per heavy atom. The van der Waals surface area contributed by atoms with Crippen LogP contribution in [0.4, 0.5) is 5.82 Å². The van der Waals surface area contributed by atoms with E-state index in [0.717, 1.165) is 53.9 Å². The van der Waals surface area contributed by atoms with Crippen molar-refractivity contribution in [2.24, 2.45) is 0 Å². The Morgan fingerprint density at radius 1 is 1.11 bits per heavy atom. The third-order valence-corrected chi connectivity index (χ3v) is 7.44. The molecule has 2 fully saturated rings. The predicted molar refractivity (Wildman–Crippen MR) is 103 cm³/mol. The number of hydrogen-bond donors (Lipinski definition) is 1. The van der Waals surface area contributed by atoms with Gasteiger partial charge in [-0.3, -0.25) is 5.10 Å². The Bertz CT molecular complexity index is 1100. The van der Waals surface area contributed by atoms with E-state index in [9.17, 15) is 8.42 Å². The van der Waals surface area contributed by atoms with Gasteiger partial charge in [0.25, 0.3) is 0 Å². The lowest BCUT2D eigenvalue weighted by atomic mass is 10.1. The zero-order chi connectivity index (χ0) is 18.4. The maximum Gasteiger partial charge on any atom is 0.181 e. The standard InChI is InChI=1S/C19H20N4O3S/c24-27(25,14-1-2-14)15-3-4-17-16(12-15)19(22-21-17)13-5-6-20-18(11-13)23-7-9-26-10-8-23/h3-6,11-12,14H,1-2,7-10H2,(H,21,22). The van der Waals surface area contributed by atoms with E-state index in [1.54, 1.807) is 24.4 Å². The first-order chi connectivity index (χ1) is 13.1. The fourth-order valence-corrected chi connectivity index (χ4v) is 5.17. The van der Waals surface area contributed by atoms with E-state index in [4.69, 9.17) is 4.74 Å². The van der Waals surface area contributed by atoms with Gasteiger partial charge in [0, 0.05) is 30.2 Å². The van der Waals surface area contributed by atoms with E-state index < -0.39 is 9.84 Å². The summed E-state index contributed by atoms with van der Waals surface area (Å²) in [5, 5.41) is 8.05. The highest BCUT2D eigenvalue weighted by Crippen LogP contribution is 2.36. The molecule has 1 aliphatic carbocycles. The number of fused-ring (bicyclic) bond motifs is 1. The molecule has 2 aliphatic rings. The van der Waals surface area contributed by atoms with E-state index in [1.807, 2.05) is 12.1 Å². The van der Waals surface area contributed by atoms with Crippen LogP contribution in [0.1, 0.15) is 12.8 Å². The molecule has 8 heteroatoms. The molecule has 3 aromatic rings. The maximum absolute atomic E-state index is 12.6. The lowest BCUT2D eigenvalue weighted by molar-refractivity contribution is 0.122. The summed E-state index contributed by atoms with van der Waals surface area (Å²) < 4.78 is 30.6. The number of sulfone groups is 1. The molecule has 1 saturated carbocycles. The molecule has 3 heterocycles. The van der Waals surface area contributed by atoms with Crippen LogP contribution < -0.4 is 4.90 Å². The first-order valence-electron chi connectivity index (χ1n) is 9.14. The second-order valence-corrected chi connectivity index (χ2v) is 9.25. The molecule has 2 aromatic heterocycles. The van der Waals surface area contributed by atoms with Gasteiger partial charge in [-0.25, -0.2) is 13.4 Å². The summed E-state index contributed by atoms with van der Waals surface area (Å²) in [5.74, 6) is 0.883. The lowest BCUT2D eigenvalue weighted by Crippen LogP contribution is -2.36. The molecule has 1 saturated heterocycles. The highest BCUT2D eigenvalue weighted by atomic mass is 32.2. The molecule has 1 N–H and O–H groups in total. The number of aromatic amines is 1. The maximum atomic E-state index is 12.6. The number of hydrogen-bond acceptors (Lipinski definition) is 6. The van der Waals surface area contributed by atoms with Crippen molar-refractivity contribution in [2.75, 3.05) is 31.2 Å². The quantitative estimate of drug-likeness (QED) is 0.743. The number of H-pyrrole nitrogens is 1. The van der Waals surface area contributed by atoms with E-state index in [-0.39, 0.29) is 5.25 Å². The van der Waals surface area contributed by atoms with Crippen molar-refractivity contribution >= 4 is 26.6 Å². The van der Waals surface area contributed by atoms with E-state index in [0.29, 0.717) is 18.1 Å². The van der Waals surface area contributed by atoms with Crippen molar-refractivity contribution in [3.63, 3.8) is 0 Å². The number of pyridine rings is 1. The largest absolute Gasteiger partial charge is 0.378 e. The second-order valence-electron chi connectivity index (χ2n) is 7.03. The number of rotatable bonds is 4. The van der Waals surface area contributed by atoms with Gasteiger partial charge >= 0.3 is 0 Å². The molecule has 140 valence electrons. The monoisotopic (exact) mass is 384 g/mol. The van der Waals surface area contributed by atoms with Crippen LogP contribution in [0.2, 0.25) is 0 Å². The molecule has 7 nitrogen and oxygen atoms in total. The Hall–Kier alpha value is -2.45. The lowest BCUT2D eigenvalue weighted by Gasteiger charge is -2.27. The summed E-state index contributed by atoms with van der Waals surface area (Å²) in [6.07, 6.45) is 3.28. The minimum Gasteiger partial charge on any atom is -0.378 e. The number of anilines is 1. The van der Waals surface area contributed by atoms with Crippen LogP contribution in [0.3, 0.4) is 0 Å². The van der Waals surface area contributed by atoms with Gasteiger partial charge in [0.2, 0.25) is 0 Å². The molecular formula is C19H20N4O3S. The van der Waals surface area contributed by atoms with Gasteiger partial charge in [0.15, 0.2) is 9.84 Å². The smallest absolute Gasteiger partial charge is 0.181 e. The van der Waals surface area contributed by atoms with Crippen LogP contribution in [-0.2, 0) is 14.6 Å². The average molecular weight is 384 g/mol. The van der Waals surface area contributed by atoms with Crippen LogP contribution in [0.25, 0.3) is 22.2 Å². The van der Waals surface area contributed by atoms with Crippen molar-refractivity contribution in [3.05, 3.63) is 36.5 Å². The van der Waals surface area contributed by atoms with Gasteiger partial charge in [0.05, 0.1) is 28.9 Å². The van der Waals surface area contributed by atoms with Gasteiger partial charge in [-0.2, -0.15) is 5.10 Å². The van der Waals surface area contributed by atoms with Gasteiger partial charge in [-0.1, -0.05) is 0 Å². The molecular weight excluding hydrogens is 364 g/mol. The SMILES string of the molecule is O=S(=O)(c1ccc2[nH]nc(-c3ccnc(N4CCOCC4)c3)c2c1)C1CC1. The molecule has 0 atom stereocenters. The third kappa shape index (κ3) is 2.98. The van der Waals surface area contributed by atoms with Crippen molar-refractivity contribution in [1.29, 1.82) is 0 Å². The van der Waals surface area contributed by atoms with Crippen molar-refractivity contribution < 1.29 is 13.2 Å². The highest BCUT2D eigenvalue weighted by molar-refractivity contribution is 7.92. The molecule has 0 amide bonds. The molecule has 1 aliphatic heterocycles. The minimum absolute atomic E-state index is 0.223. The van der Waals surface area contributed by atoms with Gasteiger partial charge in [-0.05, 0) is 43.2 Å². The van der Waals surface area contributed by atoms with E-state index >= 15 is 0 Å². The van der Waals surface area contributed by atoms with Crippen molar-refractivity contribution in [3.8, 4) is 11.3 Å². The van der Waals surface area contributed by atoms with Crippen LogP contribution >= 0.6 is 0 Å². The summed E-state index contributed by atoms with van der Waals surface area (Å²) in [6, 6.07) is 9.12. The van der Waals surface area contributed by atoms with Crippen LogP contribution in [0, 0.1) is 0 Å². The normalized spacial score (nSPS) is 18.1. The Labute approximate surface area is 157 Å². The summed E-state index contributed by atoms with van der Waals surface area (Å²) in [7, 11) is -3.24. The number of benzene rings is 1. The van der Waals surface area contributed by atoms with Gasteiger partial charge < -0.3 is 9.64 Å². The summed E-state index contributed by atoms with van der Waals surface area (Å²) in [4.78, 5) is 7.04. The topological polar surface area (TPSA) is 88.2 Å². The van der Waals surface area contributed by atoms with Crippen molar-refractivity contribution in [2.45, 2.75) is 23.0 Å². The van der Waals surface area contributed by atoms with Crippen LogP contribution in [0.15, 0.2) is 41.4 Å². The zero-order valence-electron chi connectivity index (χ0n) is 14.8. The molecule has 5 rings (SSSR count). The minimum atomic E-state index is -3.24. The van der Waals surface area contributed by atoms with E-state index in [1.165, 1.54) is 0 Å². The predicted octanol–water partition coefficient (Wildman–Crippen LogP) is 2.40. The summed E-state index contributed by atoms with van der Waals surface area (Å²) in [6.45, 7) is 3.00. The molecule has 0 radical (unpaired) electrons. The Morgan fingerprint density at radius 2 is 1.93 bits per heavy atom. The Balaban J connectivity index is 1.57. The number of morpholine rings is 1. The zero-order valence-corrected chi connectivity index (χ0v) is 15.6. The van der Waals surface area contributed by atoms with Gasteiger partial charge in [-0.15, -0.1) is 0 Å².